The van der Waals surface area contributed by atoms with E-state index in [0.717, 1.165) is 18.4 Å². The molecule has 0 saturated carbocycles. The molecule has 0 atom stereocenters. The summed E-state index contributed by atoms with van der Waals surface area (Å²) in [6, 6.07) is 3.65. The Bertz CT molecular complexity index is 560. The summed E-state index contributed by atoms with van der Waals surface area (Å²) in [5, 5.41) is 0. The van der Waals surface area contributed by atoms with Gasteiger partial charge in [-0.05, 0) is 6.42 Å². The van der Waals surface area contributed by atoms with Crippen molar-refractivity contribution in [1.29, 1.82) is 0 Å². The van der Waals surface area contributed by atoms with Gasteiger partial charge in [-0.1, -0.05) is 76.8 Å². The van der Waals surface area contributed by atoms with Crippen LogP contribution in [0.1, 0.15) is 46.1 Å². The van der Waals surface area contributed by atoms with E-state index in [2.05, 4.69) is 55.8 Å². The first-order valence-electron chi connectivity index (χ1n) is 8.65. The number of nitrogens with zero attached hydrogens (tertiary/aromatic N) is 1. The molecule has 1 nitrogen and oxygen atoms in total. The zero-order chi connectivity index (χ0) is 20.5. The minimum atomic E-state index is 0. The Morgan fingerprint density at radius 3 is 2.41 bits per heavy atom. The molecule has 1 aromatic heterocycles. The summed E-state index contributed by atoms with van der Waals surface area (Å²) in [6.45, 7) is 16.9. The molecule has 1 aromatic rings. The van der Waals surface area contributed by atoms with Gasteiger partial charge in [0.2, 0.25) is 0 Å². The van der Waals surface area contributed by atoms with E-state index in [9.17, 15) is 0 Å². The van der Waals surface area contributed by atoms with Crippen LogP contribution in [-0.4, -0.2) is 4.98 Å². The van der Waals surface area contributed by atoms with Gasteiger partial charge < -0.3 is 17.6 Å². The fourth-order valence-electron chi connectivity index (χ4n) is 1.41. The van der Waals surface area contributed by atoms with Crippen molar-refractivity contribution in [2.24, 2.45) is 0 Å². The summed E-state index contributed by atoms with van der Waals surface area (Å²) in [7, 11) is 0. The molecule has 0 aromatic carbocycles. The van der Waals surface area contributed by atoms with Crippen LogP contribution in [0, 0.1) is 31.7 Å². The summed E-state index contributed by atoms with van der Waals surface area (Å²) < 4.78 is 0. The van der Waals surface area contributed by atoms with Crippen molar-refractivity contribution in [3.05, 3.63) is 97.4 Å². The second kappa shape index (κ2) is 32.5. The van der Waals surface area contributed by atoms with Crippen LogP contribution >= 0.6 is 0 Å². The molecule has 0 unspecified atom stereocenters. The molecule has 0 radical (unpaired) electrons. The molecule has 1 rings (SSSR count). The largest absolute Gasteiger partial charge is 1.00 e. The Balaban J connectivity index is -0.000000173. The van der Waals surface area contributed by atoms with Gasteiger partial charge in [-0.25, -0.2) is 18.2 Å². The predicted molar refractivity (Wildman–Crippen MR) is 118 cm³/mol. The number of allylic oxidation sites excluding steroid dienone is 9. The van der Waals surface area contributed by atoms with Crippen molar-refractivity contribution < 1.29 is 51.4 Å². The molecule has 0 amide bonds. The summed E-state index contributed by atoms with van der Waals surface area (Å²) >= 11 is 0. The normalized spacial score (nSPS) is 9.78. The standard InChI is InChI=1S/C14H19.C7H5N.C2H6.C2H2.K/c1-4-7-9-11-13-14(6-3)12-10-8-5-2;1-2-7-4-3-5-8-6-7;2*1-2;/h4-5,8-12H,2,6,13H2,1,3H3;1-5H;1-2H3;1-2H;/q-1;-2;;;+1/b10-8-,11-9-,14-12+;;;;. The maximum atomic E-state index is 5.15. The number of hydrogen-bond donors (Lipinski definition) is 0. The second-order valence-electron chi connectivity index (χ2n) is 4.23. The van der Waals surface area contributed by atoms with E-state index in [1.165, 1.54) is 11.6 Å². The van der Waals surface area contributed by atoms with E-state index in [1.807, 2.05) is 57.2 Å². The monoisotopic (exact) mass is 385 g/mol. The van der Waals surface area contributed by atoms with Crippen LogP contribution < -0.4 is 51.4 Å². The van der Waals surface area contributed by atoms with Crippen LogP contribution in [0.15, 0.2) is 73.0 Å². The van der Waals surface area contributed by atoms with E-state index in [1.54, 1.807) is 12.3 Å². The van der Waals surface area contributed by atoms with Crippen molar-refractivity contribution in [3.63, 3.8) is 0 Å². The summed E-state index contributed by atoms with van der Waals surface area (Å²) in [5.74, 6) is 0. The Morgan fingerprint density at radius 2 is 2.00 bits per heavy atom. The Hall–Kier alpha value is -1.21. The van der Waals surface area contributed by atoms with Crippen molar-refractivity contribution in [2.75, 3.05) is 0 Å². The van der Waals surface area contributed by atoms with E-state index in [0.29, 0.717) is 0 Å². The van der Waals surface area contributed by atoms with Crippen molar-refractivity contribution >= 4 is 6.08 Å². The maximum Gasteiger partial charge on any atom is 1.00 e. The number of terminal acetylenes is 1. The van der Waals surface area contributed by atoms with Gasteiger partial charge in [0.25, 0.3) is 0 Å². The second-order valence-corrected chi connectivity index (χ2v) is 4.23. The first-order valence-corrected chi connectivity index (χ1v) is 8.65. The van der Waals surface area contributed by atoms with Gasteiger partial charge in [0.05, 0.1) is 0 Å². The summed E-state index contributed by atoms with van der Waals surface area (Å²) in [4.78, 5) is 3.72. The van der Waals surface area contributed by atoms with Crippen LogP contribution in [0.4, 0.5) is 0 Å². The van der Waals surface area contributed by atoms with Crippen molar-refractivity contribution in [1.82, 2.24) is 4.98 Å². The quantitative estimate of drug-likeness (QED) is 0.299. The number of pyridine rings is 1. The molecule has 0 fully saturated rings. The van der Waals surface area contributed by atoms with E-state index >= 15 is 0 Å². The average Bonchev–Trinajstić information content (AvgIpc) is 2.74. The number of hydrogen-bond acceptors (Lipinski definition) is 1. The topological polar surface area (TPSA) is 12.9 Å². The molecule has 27 heavy (non-hydrogen) atoms. The van der Waals surface area contributed by atoms with Gasteiger partial charge in [-0.3, -0.25) is 11.6 Å². The molecule has 0 bridgehead atoms. The first kappa shape index (κ1) is 33.4. The third kappa shape index (κ3) is 27.1. The van der Waals surface area contributed by atoms with Crippen LogP contribution in [-0.2, 0) is 0 Å². The van der Waals surface area contributed by atoms with Crippen LogP contribution in [0.3, 0.4) is 0 Å². The van der Waals surface area contributed by atoms with Crippen molar-refractivity contribution in [3.8, 4) is 12.8 Å². The minimum Gasteiger partial charge on any atom is -0.380 e. The fraction of sp³-hybridized carbons (Fsp3) is 0.240. The van der Waals surface area contributed by atoms with E-state index in [-0.39, 0.29) is 51.4 Å². The molecule has 0 N–H and O–H groups in total. The van der Waals surface area contributed by atoms with Gasteiger partial charge in [-0.2, -0.15) is 6.08 Å². The Labute approximate surface area is 211 Å². The van der Waals surface area contributed by atoms with Gasteiger partial charge in [0, 0.05) is 0 Å². The van der Waals surface area contributed by atoms with Crippen LogP contribution in [0.25, 0.3) is 6.08 Å². The zero-order valence-corrected chi connectivity index (χ0v) is 20.8. The first-order chi connectivity index (χ1) is 12.8. The molecule has 0 aliphatic carbocycles. The Kier molecular flexibility index (Phi) is 40.1. The third-order valence-corrected chi connectivity index (χ3v) is 2.60. The van der Waals surface area contributed by atoms with Gasteiger partial charge in [0.15, 0.2) is 0 Å². The maximum absolute atomic E-state index is 5.15. The molecular formula is C25H32KN-2. The molecule has 0 aliphatic heterocycles. The molecular weight excluding hydrogens is 353 g/mol. The summed E-state index contributed by atoms with van der Waals surface area (Å²) in [5.41, 5.74) is 2.24. The van der Waals surface area contributed by atoms with E-state index < -0.39 is 0 Å². The fourth-order valence-corrected chi connectivity index (χ4v) is 1.41. The SMILES string of the molecule is C#C.C=C/C=C\C=C(/CC)C/C=C\[C-]=CC.CC.[CH-]=Cc1[c-]nccc1.[K+]. The smallest absolute Gasteiger partial charge is 0.380 e. The molecule has 0 spiro atoms. The predicted octanol–water partition coefficient (Wildman–Crippen LogP) is 4.00. The number of rotatable bonds is 7. The van der Waals surface area contributed by atoms with Crippen molar-refractivity contribution in [2.45, 2.75) is 40.5 Å². The van der Waals surface area contributed by atoms with Crippen LogP contribution in [0.2, 0.25) is 0 Å². The van der Waals surface area contributed by atoms with Gasteiger partial charge in [-0.15, -0.1) is 25.1 Å². The average molecular weight is 386 g/mol. The summed E-state index contributed by atoms with van der Waals surface area (Å²) in [6.07, 6.45) is 32.8. The molecule has 1 heterocycles. The number of aromatic nitrogens is 1. The van der Waals surface area contributed by atoms with Gasteiger partial charge in [0.1, 0.15) is 0 Å². The van der Waals surface area contributed by atoms with Crippen LogP contribution in [0.5, 0.6) is 0 Å². The minimum absolute atomic E-state index is 0. The molecule has 2 heteroatoms. The van der Waals surface area contributed by atoms with E-state index in [4.69, 9.17) is 6.58 Å². The zero-order valence-electron chi connectivity index (χ0n) is 17.7. The Morgan fingerprint density at radius 1 is 1.33 bits per heavy atom. The molecule has 0 saturated heterocycles. The molecule has 140 valence electrons. The molecule has 0 aliphatic rings. The van der Waals surface area contributed by atoms with Gasteiger partial charge >= 0.3 is 51.4 Å². The third-order valence-electron chi connectivity index (χ3n) is 2.60.